The van der Waals surface area contributed by atoms with E-state index in [1.165, 1.54) is 37.0 Å². The van der Waals surface area contributed by atoms with E-state index in [1.54, 1.807) is 0 Å². The highest BCUT2D eigenvalue weighted by atomic mass is 32.1. The second kappa shape index (κ2) is 10.5. The van der Waals surface area contributed by atoms with Gasteiger partial charge >= 0.3 is 0 Å². The molecule has 7 aromatic carbocycles. The Balaban J connectivity index is 1.23. The summed E-state index contributed by atoms with van der Waals surface area (Å²) in [4.78, 5) is 2.40. The normalized spacial score (nSPS) is 11.6. The van der Waals surface area contributed by atoms with Crippen molar-refractivity contribution in [1.82, 2.24) is 0 Å². The van der Waals surface area contributed by atoms with Crippen LogP contribution < -0.4 is 4.90 Å². The number of benzene rings is 7. The van der Waals surface area contributed by atoms with Gasteiger partial charge in [-0.3, -0.25) is 0 Å². The van der Waals surface area contributed by atoms with Crippen LogP contribution in [0.2, 0.25) is 0 Å². The van der Waals surface area contributed by atoms with E-state index < -0.39 is 0 Å². The Morgan fingerprint density at radius 1 is 0.444 bits per heavy atom. The van der Waals surface area contributed by atoms with E-state index >= 15 is 0 Å². The molecule has 0 aliphatic heterocycles. The van der Waals surface area contributed by atoms with Crippen LogP contribution in [-0.4, -0.2) is 0 Å². The van der Waals surface area contributed by atoms with Gasteiger partial charge in [-0.05, 0) is 65.2 Å². The smallest absolute Gasteiger partial charge is 0.143 e. The lowest BCUT2D eigenvalue weighted by atomic mass is 10.0. The van der Waals surface area contributed by atoms with Crippen LogP contribution in [0.5, 0.6) is 0 Å². The van der Waals surface area contributed by atoms with Gasteiger partial charge < -0.3 is 9.32 Å². The quantitative estimate of drug-likeness (QED) is 0.197. The first-order valence-electron chi connectivity index (χ1n) is 15.2. The van der Waals surface area contributed by atoms with Crippen LogP contribution in [0.15, 0.2) is 168 Å². The summed E-state index contributed by atoms with van der Waals surface area (Å²) in [7, 11) is 0. The fourth-order valence-electron chi connectivity index (χ4n) is 6.59. The Hall–Kier alpha value is -5.64. The standard InChI is InChI=1S/C42H27NOS/c1-2-11-28(12-3-1)30-13-8-14-32(27-30)43(37-19-10-22-40-41(37)36-16-5-7-21-39(36)45-40)31-25-23-29(24-26-31)33-17-9-18-35-34-15-4-6-20-38(34)44-42(33)35/h1-27H. The van der Waals surface area contributed by atoms with Crippen LogP contribution in [0.4, 0.5) is 17.1 Å². The number of anilines is 3. The van der Waals surface area contributed by atoms with Gasteiger partial charge in [0.2, 0.25) is 0 Å². The second-order valence-electron chi connectivity index (χ2n) is 11.3. The topological polar surface area (TPSA) is 16.4 Å². The highest BCUT2D eigenvalue weighted by molar-refractivity contribution is 7.26. The third-order valence-corrected chi connectivity index (χ3v) is 9.81. The highest BCUT2D eigenvalue weighted by Gasteiger charge is 2.19. The van der Waals surface area contributed by atoms with Crippen molar-refractivity contribution in [2.24, 2.45) is 0 Å². The molecule has 0 saturated carbocycles. The zero-order valence-corrected chi connectivity index (χ0v) is 25.2. The predicted octanol–water partition coefficient (Wildman–Crippen LogP) is 12.8. The van der Waals surface area contributed by atoms with E-state index in [0.717, 1.165) is 44.4 Å². The lowest BCUT2D eigenvalue weighted by Gasteiger charge is -2.27. The maximum Gasteiger partial charge on any atom is 0.143 e. The molecule has 0 spiro atoms. The van der Waals surface area contributed by atoms with Crippen LogP contribution in [0.25, 0.3) is 64.4 Å². The molecule has 0 N–H and O–H groups in total. The maximum absolute atomic E-state index is 6.38. The molecule has 0 unspecified atom stereocenters. The first-order chi connectivity index (χ1) is 22.3. The van der Waals surface area contributed by atoms with Crippen molar-refractivity contribution in [1.29, 1.82) is 0 Å². The Bertz CT molecular complexity index is 2490. The number of fused-ring (bicyclic) bond motifs is 6. The molecule has 0 saturated heterocycles. The summed E-state index contributed by atoms with van der Waals surface area (Å²) in [6.07, 6.45) is 0. The van der Waals surface area contributed by atoms with Gasteiger partial charge in [0.1, 0.15) is 11.2 Å². The minimum Gasteiger partial charge on any atom is -0.455 e. The molecule has 0 aliphatic rings. The van der Waals surface area contributed by atoms with Gasteiger partial charge in [0, 0.05) is 47.9 Å². The van der Waals surface area contributed by atoms with Crippen molar-refractivity contribution in [3.63, 3.8) is 0 Å². The number of rotatable bonds is 5. The Kier molecular flexibility index (Phi) is 6.03. The first-order valence-corrected chi connectivity index (χ1v) is 16.0. The number of para-hydroxylation sites is 2. The number of hydrogen-bond acceptors (Lipinski definition) is 3. The summed E-state index contributed by atoms with van der Waals surface area (Å²) in [6.45, 7) is 0. The molecule has 0 bridgehead atoms. The third-order valence-electron chi connectivity index (χ3n) is 8.67. The summed E-state index contributed by atoms with van der Waals surface area (Å²) < 4.78 is 8.96. The van der Waals surface area contributed by atoms with Gasteiger partial charge in [-0.2, -0.15) is 0 Å². The molecule has 3 heteroatoms. The van der Waals surface area contributed by atoms with Gasteiger partial charge in [0.15, 0.2) is 0 Å². The Morgan fingerprint density at radius 2 is 1.13 bits per heavy atom. The maximum atomic E-state index is 6.38. The van der Waals surface area contributed by atoms with Crippen molar-refractivity contribution < 1.29 is 4.42 Å². The lowest BCUT2D eigenvalue weighted by Crippen LogP contribution is -2.10. The number of nitrogens with zero attached hydrogens (tertiary/aromatic N) is 1. The monoisotopic (exact) mass is 593 g/mol. The van der Waals surface area contributed by atoms with E-state index in [2.05, 4.69) is 157 Å². The van der Waals surface area contributed by atoms with E-state index in [0.29, 0.717) is 0 Å². The number of thiophene rings is 1. The van der Waals surface area contributed by atoms with Crippen molar-refractivity contribution in [3.05, 3.63) is 164 Å². The van der Waals surface area contributed by atoms with Crippen LogP contribution in [0.3, 0.4) is 0 Å². The molecule has 2 nitrogen and oxygen atoms in total. The average molecular weight is 594 g/mol. The minimum absolute atomic E-state index is 0.914. The van der Waals surface area contributed by atoms with Crippen molar-refractivity contribution in [3.8, 4) is 22.3 Å². The van der Waals surface area contributed by atoms with Crippen LogP contribution >= 0.6 is 11.3 Å². The second-order valence-corrected chi connectivity index (χ2v) is 12.4. The number of hydrogen-bond donors (Lipinski definition) is 0. The molecular formula is C42H27NOS. The van der Waals surface area contributed by atoms with Crippen LogP contribution in [0, 0.1) is 0 Å². The van der Waals surface area contributed by atoms with Gasteiger partial charge in [-0.25, -0.2) is 0 Å². The lowest BCUT2D eigenvalue weighted by molar-refractivity contribution is 0.670. The largest absolute Gasteiger partial charge is 0.455 e. The molecule has 0 fully saturated rings. The van der Waals surface area contributed by atoms with Gasteiger partial charge in [-0.15, -0.1) is 11.3 Å². The predicted molar refractivity (Wildman–Crippen MR) is 192 cm³/mol. The van der Waals surface area contributed by atoms with Gasteiger partial charge in [-0.1, -0.05) is 115 Å². The summed E-state index contributed by atoms with van der Waals surface area (Å²) in [5, 5.41) is 4.85. The van der Waals surface area contributed by atoms with E-state index in [1.807, 2.05) is 23.5 Å². The molecule has 9 rings (SSSR count). The SMILES string of the molecule is c1ccc(-c2cccc(N(c3ccc(-c4cccc5c4oc4ccccc45)cc3)c3cccc4sc5ccccc5c34)c2)cc1. The number of furan rings is 1. The van der Waals surface area contributed by atoms with E-state index in [-0.39, 0.29) is 0 Å². The van der Waals surface area contributed by atoms with Crippen LogP contribution in [0.1, 0.15) is 0 Å². The van der Waals surface area contributed by atoms with Crippen molar-refractivity contribution in [2.75, 3.05) is 4.90 Å². The summed E-state index contributed by atoms with van der Waals surface area (Å²) in [5.41, 5.74) is 9.84. The Labute approximate surface area is 265 Å². The third kappa shape index (κ3) is 4.32. The Morgan fingerprint density at radius 3 is 2.02 bits per heavy atom. The molecule has 45 heavy (non-hydrogen) atoms. The minimum atomic E-state index is 0.914. The average Bonchev–Trinajstić information content (AvgIpc) is 3.68. The molecule has 9 aromatic rings. The fraction of sp³-hybridized carbons (Fsp3) is 0. The fourth-order valence-corrected chi connectivity index (χ4v) is 7.72. The van der Waals surface area contributed by atoms with Crippen LogP contribution in [-0.2, 0) is 0 Å². The van der Waals surface area contributed by atoms with E-state index in [9.17, 15) is 0 Å². The van der Waals surface area contributed by atoms with Gasteiger partial charge in [0.05, 0.1) is 5.69 Å². The summed E-state index contributed by atoms with van der Waals surface area (Å²) in [5.74, 6) is 0. The molecule has 0 radical (unpaired) electrons. The zero-order valence-electron chi connectivity index (χ0n) is 24.4. The molecular weight excluding hydrogens is 567 g/mol. The zero-order chi connectivity index (χ0) is 29.7. The first kappa shape index (κ1) is 25.8. The van der Waals surface area contributed by atoms with Crippen molar-refractivity contribution in [2.45, 2.75) is 0 Å². The molecule has 212 valence electrons. The van der Waals surface area contributed by atoms with E-state index in [4.69, 9.17) is 4.42 Å². The molecule has 2 aromatic heterocycles. The van der Waals surface area contributed by atoms with Crippen molar-refractivity contribution >= 4 is 70.5 Å². The molecule has 0 amide bonds. The summed E-state index contributed by atoms with van der Waals surface area (Å²) >= 11 is 1.85. The molecule has 2 heterocycles. The highest BCUT2D eigenvalue weighted by Crippen LogP contribution is 2.46. The van der Waals surface area contributed by atoms with Gasteiger partial charge in [0.25, 0.3) is 0 Å². The molecule has 0 atom stereocenters. The molecule has 0 aliphatic carbocycles. The summed E-state index contributed by atoms with van der Waals surface area (Å²) in [6, 6.07) is 58.4.